The molecule has 0 aliphatic carbocycles. The van der Waals surface area contributed by atoms with Gasteiger partial charge in [0.1, 0.15) is 11.4 Å². The van der Waals surface area contributed by atoms with E-state index in [0.29, 0.717) is 30.9 Å². The monoisotopic (exact) mass is 662 g/mol. The molecule has 1 saturated heterocycles. The Hall–Kier alpha value is -4.92. The number of rotatable bonds is 17. The van der Waals surface area contributed by atoms with Crippen molar-refractivity contribution in [3.63, 3.8) is 0 Å². The molecule has 5 rings (SSSR count). The number of aromatic nitrogens is 3. The number of carboxylic acids is 1. The van der Waals surface area contributed by atoms with Gasteiger partial charge in [0.25, 0.3) is 0 Å². The molecule has 0 saturated carbocycles. The Bertz CT molecular complexity index is 1670. The molecule has 9 heteroatoms. The van der Waals surface area contributed by atoms with Gasteiger partial charge in [-0.1, -0.05) is 82.0 Å². The maximum absolute atomic E-state index is 13.7. The predicted molar refractivity (Wildman–Crippen MR) is 189 cm³/mol. The van der Waals surface area contributed by atoms with Crippen LogP contribution < -0.4 is 4.74 Å². The third-order valence-corrected chi connectivity index (χ3v) is 9.20. The van der Waals surface area contributed by atoms with Crippen LogP contribution in [0.2, 0.25) is 0 Å². The van der Waals surface area contributed by atoms with Crippen LogP contribution in [0.15, 0.2) is 79.3 Å². The topological polar surface area (TPSA) is 123 Å². The van der Waals surface area contributed by atoms with Gasteiger partial charge in [-0.15, -0.1) is 0 Å². The third-order valence-electron chi connectivity index (χ3n) is 9.20. The Morgan fingerprint density at radius 1 is 0.816 bits per heavy atom. The summed E-state index contributed by atoms with van der Waals surface area (Å²) in [6.45, 7) is 5.49. The molecular formula is C40H46N4O5. The lowest BCUT2D eigenvalue weighted by atomic mass is 9.91. The van der Waals surface area contributed by atoms with Gasteiger partial charge in [0.15, 0.2) is 11.6 Å². The van der Waals surface area contributed by atoms with E-state index in [4.69, 9.17) is 4.74 Å². The number of carboxylic acid groups (broad SMARTS) is 1. The number of nitrogens with zero attached hydrogens (tertiary/aromatic N) is 4. The molecule has 1 fully saturated rings. The average molecular weight is 663 g/mol. The SMILES string of the molecule is CCCCCCCOc1ccc(-c2cnc(-c3ccc(C[C@H](CC(=O)c4ccc(CC)cn4)C(=O)N4CC[C@H](C(=O)O)C4)cc3)nc2)cc1. The number of hydrogen-bond acceptors (Lipinski definition) is 7. The summed E-state index contributed by atoms with van der Waals surface area (Å²) < 4.78 is 5.89. The van der Waals surface area contributed by atoms with Gasteiger partial charge in [0.05, 0.1) is 12.5 Å². The molecule has 0 radical (unpaired) electrons. The molecule has 49 heavy (non-hydrogen) atoms. The van der Waals surface area contributed by atoms with Crippen LogP contribution in [-0.4, -0.2) is 62.3 Å². The smallest absolute Gasteiger partial charge is 0.308 e. The predicted octanol–water partition coefficient (Wildman–Crippen LogP) is 7.48. The molecule has 2 aromatic carbocycles. The van der Waals surface area contributed by atoms with Gasteiger partial charge in [-0.25, -0.2) is 9.97 Å². The van der Waals surface area contributed by atoms with E-state index < -0.39 is 17.8 Å². The van der Waals surface area contributed by atoms with E-state index in [1.54, 1.807) is 17.2 Å². The standard InChI is InChI=1S/C40H46N4O5/c1-3-5-6-7-8-21-49-35-16-14-30(15-17-35)34-25-42-38(43-26-34)31-12-9-29(10-13-31)22-33(39(46)44-20-19-32(27-44)40(47)48)23-37(45)36-18-11-28(4-2)24-41-36/h9-18,24-26,32-33H,3-8,19-23,27H2,1-2H3,(H,47,48)/t32-,33+/m0/s1. The van der Waals surface area contributed by atoms with Crippen molar-refractivity contribution in [2.75, 3.05) is 19.7 Å². The molecule has 3 heterocycles. The fourth-order valence-electron chi connectivity index (χ4n) is 6.13. The van der Waals surface area contributed by atoms with Gasteiger partial charge in [-0.2, -0.15) is 0 Å². The molecule has 2 atom stereocenters. The number of likely N-dealkylation sites (tertiary alicyclic amines) is 1. The highest BCUT2D eigenvalue weighted by atomic mass is 16.5. The lowest BCUT2D eigenvalue weighted by Crippen LogP contribution is -2.37. The largest absolute Gasteiger partial charge is 0.494 e. The maximum Gasteiger partial charge on any atom is 0.308 e. The van der Waals surface area contributed by atoms with Crippen molar-refractivity contribution in [1.29, 1.82) is 0 Å². The zero-order valence-corrected chi connectivity index (χ0v) is 28.5. The summed E-state index contributed by atoms with van der Waals surface area (Å²) in [5.41, 5.74) is 4.99. The first-order valence-corrected chi connectivity index (χ1v) is 17.5. The summed E-state index contributed by atoms with van der Waals surface area (Å²) >= 11 is 0. The van der Waals surface area contributed by atoms with Gasteiger partial charge >= 0.3 is 5.97 Å². The lowest BCUT2D eigenvalue weighted by molar-refractivity contribution is -0.141. The Morgan fingerprint density at radius 2 is 1.51 bits per heavy atom. The molecule has 256 valence electrons. The van der Waals surface area contributed by atoms with Crippen molar-refractivity contribution >= 4 is 17.7 Å². The number of benzene rings is 2. The Balaban J connectivity index is 1.22. The molecule has 1 amide bonds. The van der Waals surface area contributed by atoms with Crippen molar-refractivity contribution in [3.8, 4) is 28.3 Å². The number of carbonyl (C=O) groups excluding carboxylic acids is 2. The first kappa shape index (κ1) is 35.4. The number of aryl methyl sites for hydroxylation is 1. The molecule has 9 nitrogen and oxygen atoms in total. The summed E-state index contributed by atoms with van der Waals surface area (Å²) in [7, 11) is 0. The summed E-state index contributed by atoms with van der Waals surface area (Å²) in [6.07, 6.45) is 12.9. The molecule has 2 aromatic heterocycles. The molecule has 4 aromatic rings. The van der Waals surface area contributed by atoms with E-state index in [1.165, 1.54) is 25.7 Å². The second-order valence-corrected chi connectivity index (χ2v) is 12.8. The van der Waals surface area contributed by atoms with Gasteiger partial charge < -0.3 is 14.7 Å². The van der Waals surface area contributed by atoms with Crippen molar-refractivity contribution in [2.24, 2.45) is 11.8 Å². The number of hydrogen-bond donors (Lipinski definition) is 1. The first-order valence-electron chi connectivity index (χ1n) is 17.5. The molecule has 1 aliphatic heterocycles. The molecule has 1 aliphatic rings. The normalized spacial score (nSPS) is 14.8. The molecule has 0 unspecified atom stereocenters. The van der Waals surface area contributed by atoms with Crippen molar-refractivity contribution in [2.45, 2.75) is 71.6 Å². The van der Waals surface area contributed by atoms with E-state index in [9.17, 15) is 19.5 Å². The fourth-order valence-corrected chi connectivity index (χ4v) is 6.13. The highest BCUT2D eigenvalue weighted by Crippen LogP contribution is 2.26. The highest BCUT2D eigenvalue weighted by Gasteiger charge is 2.35. The summed E-state index contributed by atoms with van der Waals surface area (Å²) in [5.74, 6) is -1.10. The number of ketones is 1. The van der Waals surface area contributed by atoms with Gasteiger partial charge in [-0.05, 0) is 60.6 Å². The average Bonchev–Trinajstić information content (AvgIpc) is 3.64. The fraction of sp³-hybridized carbons (Fsp3) is 0.400. The van der Waals surface area contributed by atoms with E-state index >= 15 is 0 Å². The van der Waals surface area contributed by atoms with Gasteiger partial charge in [0.2, 0.25) is 5.91 Å². The second kappa shape index (κ2) is 17.5. The van der Waals surface area contributed by atoms with Crippen LogP contribution in [0.5, 0.6) is 5.75 Å². The number of ether oxygens (including phenoxy) is 1. The molecular weight excluding hydrogens is 616 g/mol. The van der Waals surface area contributed by atoms with Crippen LogP contribution >= 0.6 is 0 Å². The number of carbonyl (C=O) groups is 3. The van der Waals surface area contributed by atoms with Crippen LogP contribution in [0.1, 0.15) is 80.4 Å². The number of pyridine rings is 1. The van der Waals surface area contributed by atoms with Crippen LogP contribution in [0, 0.1) is 11.8 Å². The van der Waals surface area contributed by atoms with E-state index in [0.717, 1.165) is 53.0 Å². The molecule has 0 bridgehead atoms. The minimum absolute atomic E-state index is 0.00990. The Labute approximate surface area is 288 Å². The second-order valence-electron chi connectivity index (χ2n) is 12.8. The summed E-state index contributed by atoms with van der Waals surface area (Å²) in [6, 6.07) is 19.3. The van der Waals surface area contributed by atoms with Crippen molar-refractivity contribution in [3.05, 3.63) is 96.1 Å². The van der Waals surface area contributed by atoms with Gasteiger partial charge in [0, 0.05) is 55.1 Å². The van der Waals surface area contributed by atoms with Crippen LogP contribution in [0.3, 0.4) is 0 Å². The summed E-state index contributed by atoms with van der Waals surface area (Å²) in [5, 5.41) is 9.46. The van der Waals surface area contributed by atoms with Crippen LogP contribution in [-0.2, 0) is 22.4 Å². The van der Waals surface area contributed by atoms with Crippen LogP contribution in [0.4, 0.5) is 0 Å². The molecule has 1 N–H and O–H groups in total. The highest BCUT2D eigenvalue weighted by molar-refractivity contribution is 5.97. The van der Waals surface area contributed by atoms with E-state index in [1.807, 2.05) is 73.9 Å². The zero-order chi connectivity index (χ0) is 34.6. The number of Topliss-reactive ketones (excluding diaryl/α,β-unsaturated/α-hetero) is 1. The lowest BCUT2D eigenvalue weighted by Gasteiger charge is -2.23. The van der Waals surface area contributed by atoms with Crippen molar-refractivity contribution in [1.82, 2.24) is 19.9 Å². The van der Waals surface area contributed by atoms with E-state index in [2.05, 4.69) is 21.9 Å². The van der Waals surface area contributed by atoms with E-state index in [-0.39, 0.29) is 24.7 Å². The maximum atomic E-state index is 13.7. The van der Waals surface area contributed by atoms with Crippen LogP contribution in [0.25, 0.3) is 22.5 Å². The van der Waals surface area contributed by atoms with Crippen molar-refractivity contribution < 1.29 is 24.2 Å². The molecule has 0 spiro atoms. The number of unbranched alkanes of at least 4 members (excludes halogenated alkanes) is 4. The third kappa shape index (κ3) is 9.81. The minimum Gasteiger partial charge on any atom is -0.494 e. The minimum atomic E-state index is -0.903. The number of amides is 1. The first-order chi connectivity index (χ1) is 23.8. The van der Waals surface area contributed by atoms with Gasteiger partial charge in [-0.3, -0.25) is 19.4 Å². The number of aliphatic carboxylic acids is 1. The quantitative estimate of drug-likeness (QED) is 0.0912. The Morgan fingerprint density at radius 3 is 2.14 bits per heavy atom. The summed E-state index contributed by atoms with van der Waals surface area (Å²) in [4.78, 5) is 53.6. The Kier molecular flexibility index (Phi) is 12.6. The zero-order valence-electron chi connectivity index (χ0n) is 28.5.